The van der Waals surface area contributed by atoms with Gasteiger partial charge in [0.05, 0.1) is 16.5 Å². The van der Waals surface area contributed by atoms with Gasteiger partial charge in [-0.3, -0.25) is 30.3 Å². The smallest absolute Gasteiger partial charge is 0.273 e. The number of nitrogens with zero attached hydrogens (tertiary/aromatic N) is 3. The Labute approximate surface area is 221 Å². The van der Waals surface area contributed by atoms with Gasteiger partial charge in [-0.15, -0.1) is 28.3 Å². The van der Waals surface area contributed by atoms with E-state index in [1.807, 2.05) is 20.8 Å². The van der Waals surface area contributed by atoms with Crippen LogP contribution in [0.3, 0.4) is 0 Å². The summed E-state index contributed by atoms with van der Waals surface area (Å²) in [6.45, 7) is 6.96. The van der Waals surface area contributed by atoms with Gasteiger partial charge in [0, 0.05) is 37.4 Å². The molecule has 2 aromatic carbocycles. The Morgan fingerprint density at radius 2 is 1.77 bits per heavy atom. The molecule has 0 aliphatic carbocycles. The highest BCUT2D eigenvalue weighted by atomic mass is 79.9. The summed E-state index contributed by atoms with van der Waals surface area (Å²) in [5.74, 6) is -1.14. The summed E-state index contributed by atoms with van der Waals surface area (Å²) < 4.78 is 0. The van der Waals surface area contributed by atoms with Gasteiger partial charge in [-0.05, 0) is 30.7 Å². The predicted octanol–water partition coefficient (Wildman–Crippen LogP) is 6.55. The van der Waals surface area contributed by atoms with Gasteiger partial charge in [-0.1, -0.05) is 50.6 Å². The number of carbonyl (C=O) groups is 1. The first-order valence-electron chi connectivity index (χ1n) is 10.3. The van der Waals surface area contributed by atoms with Gasteiger partial charge in [0.1, 0.15) is 0 Å². The lowest BCUT2D eigenvalue weighted by Crippen LogP contribution is -2.20. The second-order valence-corrected chi connectivity index (χ2v) is 10.2. The molecule has 3 rings (SSSR count). The number of nitro groups is 2. The van der Waals surface area contributed by atoms with Crippen LogP contribution in [0.2, 0.25) is 5.02 Å². The van der Waals surface area contributed by atoms with Crippen LogP contribution in [0.4, 0.5) is 10.8 Å². The predicted molar refractivity (Wildman–Crippen MR) is 142 cm³/mol. The van der Waals surface area contributed by atoms with Crippen LogP contribution in [-0.2, 0) is 5.41 Å². The first-order chi connectivity index (χ1) is 15.9. The molecule has 12 heteroatoms. The van der Waals surface area contributed by atoms with Crippen molar-refractivity contribution < 1.29 is 14.6 Å². The van der Waals surface area contributed by atoms with Crippen LogP contribution >= 0.6 is 39.9 Å². The number of anilines is 1. The van der Waals surface area contributed by atoms with Crippen LogP contribution in [0.15, 0.2) is 42.5 Å². The normalized spacial score (nSPS) is 11.9. The monoisotopic (exact) mass is 582 g/mol. The van der Waals surface area contributed by atoms with Crippen molar-refractivity contribution in [2.75, 3.05) is 11.9 Å². The Balaban J connectivity index is 0.00000432. The molecule has 0 bridgehead atoms. The number of aromatic nitrogens is 1. The summed E-state index contributed by atoms with van der Waals surface area (Å²) in [5, 5.41) is 26.3. The molecule has 0 saturated heterocycles. The minimum Gasteiger partial charge on any atom is -0.298 e. The van der Waals surface area contributed by atoms with E-state index < -0.39 is 22.2 Å². The third-order valence-corrected chi connectivity index (χ3v) is 6.59. The molecular formula is C23H24BrClN4O5S. The molecule has 9 nitrogen and oxygen atoms in total. The maximum Gasteiger partial charge on any atom is 0.273 e. The molecule has 1 unspecified atom stereocenters. The quantitative estimate of drug-likeness (QED) is 0.248. The number of halogens is 2. The Morgan fingerprint density at radius 1 is 1.14 bits per heavy atom. The number of nitro benzene ring substituents is 1. The molecule has 1 amide bonds. The third-order valence-electron chi connectivity index (χ3n) is 5.25. The van der Waals surface area contributed by atoms with Crippen molar-refractivity contribution in [2.45, 2.75) is 39.0 Å². The number of thiazole rings is 1. The highest BCUT2D eigenvalue weighted by Gasteiger charge is 2.32. The van der Waals surface area contributed by atoms with Crippen molar-refractivity contribution in [3.05, 3.63) is 95.0 Å². The fourth-order valence-corrected chi connectivity index (χ4v) is 4.99. The van der Waals surface area contributed by atoms with Gasteiger partial charge in [0.15, 0.2) is 5.13 Å². The van der Waals surface area contributed by atoms with Crippen molar-refractivity contribution in [3.8, 4) is 0 Å². The van der Waals surface area contributed by atoms with Crippen LogP contribution < -0.4 is 5.32 Å². The summed E-state index contributed by atoms with van der Waals surface area (Å²) >= 11 is 7.16. The van der Waals surface area contributed by atoms with E-state index in [2.05, 4.69) is 10.3 Å². The van der Waals surface area contributed by atoms with E-state index in [1.165, 1.54) is 25.1 Å². The van der Waals surface area contributed by atoms with Crippen molar-refractivity contribution in [1.82, 2.24) is 4.98 Å². The van der Waals surface area contributed by atoms with E-state index in [-0.39, 0.29) is 50.4 Å². The van der Waals surface area contributed by atoms with Gasteiger partial charge in [-0.25, -0.2) is 4.98 Å². The van der Waals surface area contributed by atoms with Crippen LogP contribution in [0.1, 0.15) is 58.7 Å². The maximum absolute atomic E-state index is 12.9. The van der Waals surface area contributed by atoms with Gasteiger partial charge < -0.3 is 0 Å². The molecule has 35 heavy (non-hydrogen) atoms. The molecule has 1 atom stereocenters. The van der Waals surface area contributed by atoms with Gasteiger partial charge in [0.25, 0.3) is 11.6 Å². The van der Waals surface area contributed by atoms with Crippen molar-refractivity contribution in [3.63, 3.8) is 0 Å². The fourth-order valence-electron chi connectivity index (χ4n) is 3.57. The number of nitrogens with one attached hydrogen (secondary N) is 1. The number of hydrogen-bond donors (Lipinski definition) is 1. The van der Waals surface area contributed by atoms with Crippen LogP contribution in [0, 0.1) is 27.2 Å². The second-order valence-electron chi connectivity index (χ2n) is 8.76. The zero-order valence-electron chi connectivity index (χ0n) is 19.4. The highest BCUT2D eigenvalue weighted by molar-refractivity contribution is 8.93. The lowest BCUT2D eigenvalue weighted by atomic mass is 9.86. The largest absolute Gasteiger partial charge is 0.298 e. The minimum atomic E-state index is -0.593. The van der Waals surface area contributed by atoms with Crippen LogP contribution in [-0.4, -0.2) is 27.3 Å². The third kappa shape index (κ3) is 6.62. The zero-order chi connectivity index (χ0) is 25.2. The highest BCUT2D eigenvalue weighted by Crippen LogP contribution is 2.40. The molecule has 0 spiro atoms. The Bertz CT molecular complexity index is 1260. The summed E-state index contributed by atoms with van der Waals surface area (Å²) in [5.41, 5.74) is 1.12. The van der Waals surface area contributed by atoms with Gasteiger partial charge >= 0.3 is 0 Å². The lowest BCUT2D eigenvalue weighted by Gasteiger charge is -2.21. The Hall–Kier alpha value is -2.89. The lowest BCUT2D eigenvalue weighted by molar-refractivity contribution is -0.481. The molecule has 0 fully saturated rings. The van der Waals surface area contributed by atoms with Crippen molar-refractivity contribution in [1.29, 1.82) is 0 Å². The van der Waals surface area contributed by atoms with E-state index in [4.69, 9.17) is 11.6 Å². The fraction of sp³-hybridized carbons (Fsp3) is 0.304. The molecular weight excluding hydrogens is 560 g/mol. The van der Waals surface area contributed by atoms with Crippen molar-refractivity contribution >= 4 is 56.6 Å². The first kappa shape index (κ1) is 28.3. The molecule has 186 valence electrons. The summed E-state index contributed by atoms with van der Waals surface area (Å²) in [7, 11) is 0. The summed E-state index contributed by atoms with van der Waals surface area (Å²) in [6, 6.07) is 11.1. The minimum absolute atomic E-state index is 0. The molecule has 1 heterocycles. The van der Waals surface area contributed by atoms with Crippen molar-refractivity contribution in [2.24, 2.45) is 0 Å². The average molecular weight is 584 g/mol. The summed E-state index contributed by atoms with van der Waals surface area (Å²) in [6.07, 6.45) is 0. The van der Waals surface area contributed by atoms with Crippen LogP contribution in [0.5, 0.6) is 0 Å². The SMILES string of the molecule is Br.Cc1c(C(=O)Nc2nc(C(C)(C)C)c(C(C[N+](=O)[O-])c3ccc(Cl)cc3)s2)cccc1[N+](=O)[O-]. The Morgan fingerprint density at radius 3 is 2.31 bits per heavy atom. The number of benzene rings is 2. The van der Waals surface area contributed by atoms with E-state index in [0.29, 0.717) is 21.2 Å². The second kappa shape index (κ2) is 11.2. The van der Waals surface area contributed by atoms with E-state index in [1.54, 1.807) is 24.3 Å². The number of hydrogen-bond acceptors (Lipinski definition) is 7. The maximum atomic E-state index is 12.9. The molecule has 1 N–H and O–H groups in total. The Kier molecular flexibility index (Phi) is 9.10. The standard InChI is InChI=1S/C23H23ClN4O5S.BrH/c1-13-16(6-5-7-18(13)28(32)33)21(29)26-22-25-20(23(2,3)4)19(34-22)17(12-27(30)31)14-8-10-15(24)11-9-14;/h5-11,17H,12H2,1-4H3,(H,25,26,29);1H. The van der Waals surface area contributed by atoms with E-state index in [9.17, 15) is 25.0 Å². The average Bonchev–Trinajstić information content (AvgIpc) is 3.16. The van der Waals surface area contributed by atoms with E-state index >= 15 is 0 Å². The van der Waals surface area contributed by atoms with Crippen LogP contribution in [0.25, 0.3) is 0 Å². The molecule has 1 aromatic heterocycles. The molecule has 0 saturated carbocycles. The van der Waals surface area contributed by atoms with Gasteiger partial charge in [0.2, 0.25) is 6.54 Å². The van der Waals surface area contributed by atoms with E-state index in [0.717, 1.165) is 11.3 Å². The molecule has 0 aliphatic heterocycles. The number of amides is 1. The molecule has 3 aromatic rings. The topological polar surface area (TPSA) is 128 Å². The molecule has 0 aliphatic rings. The zero-order valence-corrected chi connectivity index (χ0v) is 22.7. The first-order valence-corrected chi connectivity index (χ1v) is 11.5. The summed E-state index contributed by atoms with van der Waals surface area (Å²) in [4.78, 5) is 40.0. The number of rotatable bonds is 7. The molecule has 0 radical (unpaired) electrons. The van der Waals surface area contributed by atoms with Gasteiger partial charge in [-0.2, -0.15) is 0 Å². The number of carbonyl (C=O) groups excluding carboxylic acids is 1.